The number of amides is 2. The van der Waals surface area contributed by atoms with Crippen LogP contribution in [0.15, 0.2) is 10.6 Å². The smallest absolute Gasteiger partial charge is 0.315 e. The summed E-state index contributed by atoms with van der Waals surface area (Å²) in [5, 5.41) is 8.90. The minimum Gasteiger partial charge on any atom is -0.360 e. The molecule has 1 heterocycles. The summed E-state index contributed by atoms with van der Waals surface area (Å²) in [5.74, 6) is 0.718. The quantitative estimate of drug-likeness (QED) is 0.794. The van der Waals surface area contributed by atoms with Crippen LogP contribution in [0.25, 0.3) is 0 Å². The first-order valence-corrected chi connectivity index (χ1v) is 8.00. The van der Waals surface area contributed by atoms with Crippen LogP contribution < -0.4 is 14.9 Å². The molecule has 8 nitrogen and oxygen atoms in total. The standard InChI is InChI=1S/C11H20N4O4S/c1-8(2)13-11(16)12-5-6-15(20(4,17)18)10-7-9(3)19-14-10/h7-8H,5-6H2,1-4H3,(H2,12,13,16). The number of hydrogen-bond acceptors (Lipinski definition) is 5. The van der Waals surface area contributed by atoms with Gasteiger partial charge in [0.2, 0.25) is 10.0 Å². The predicted molar refractivity (Wildman–Crippen MR) is 75.1 cm³/mol. The van der Waals surface area contributed by atoms with Crippen molar-refractivity contribution in [1.82, 2.24) is 15.8 Å². The van der Waals surface area contributed by atoms with Gasteiger partial charge in [0, 0.05) is 18.7 Å². The highest BCUT2D eigenvalue weighted by Crippen LogP contribution is 2.16. The average Bonchev–Trinajstić information content (AvgIpc) is 2.68. The molecule has 9 heteroatoms. The second-order valence-electron chi connectivity index (χ2n) is 4.69. The first-order chi connectivity index (χ1) is 9.20. The summed E-state index contributed by atoms with van der Waals surface area (Å²) >= 11 is 0. The van der Waals surface area contributed by atoms with Gasteiger partial charge in [-0.1, -0.05) is 5.16 Å². The molecule has 0 aliphatic heterocycles. The Kier molecular flexibility index (Phi) is 5.37. The molecule has 2 amide bonds. The van der Waals surface area contributed by atoms with Crippen molar-refractivity contribution in [2.75, 3.05) is 23.7 Å². The highest BCUT2D eigenvalue weighted by Gasteiger charge is 2.20. The Labute approximate surface area is 118 Å². The van der Waals surface area contributed by atoms with Crippen LogP contribution in [0.2, 0.25) is 0 Å². The van der Waals surface area contributed by atoms with Gasteiger partial charge in [-0.3, -0.25) is 0 Å². The fourth-order valence-corrected chi connectivity index (χ4v) is 2.35. The molecule has 0 radical (unpaired) electrons. The van der Waals surface area contributed by atoms with Crippen molar-refractivity contribution >= 4 is 21.9 Å². The zero-order valence-electron chi connectivity index (χ0n) is 12.0. The van der Waals surface area contributed by atoms with Crippen LogP contribution in [-0.2, 0) is 10.0 Å². The second-order valence-corrected chi connectivity index (χ2v) is 6.59. The van der Waals surface area contributed by atoms with E-state index in [2.05, 4.69) is 15.8 Å². The summed E-state index contributed by atoms with van der Waals surface area (Å²) in [5.41, 5.74) is 0. The molecular formula is C11H20N4O4S. The van der Waals surface area contributed by atoms with Gasteiger partial charge in [0.1, 0.15) is 5.76 Å². The van der Waals surface area contributed by atoms with Crippen LogP contribution in [0.5, 0.6) is 0 Å². The third-order valence-electron chi connectivity index (χ3n) is 2.29. The van der Waals surface area contributed by atoms with Crippen molar-refractivity contribution in [2.24, 2.45) is 0 Å². The minimum atomic E-state index is -3.49. The van der Waals surface area contributed by atoms with Gasteiger partial charge in [0.05, 0.1) is 12.8 Å². The average molecular weight is 304 g/mol. The predicted octanol–water partition coefficient (Wildman–Crippen LogP) is 0.457. The molecule has 1 aromatic heterocycles. The molecule has 0 fully saturated rings. The number of anilines is 1. The molecule has 0 aromatic carbocycles. The number of urea groups is 1. The fraction of sp³-hybridized carbons (Fsp3) is 0.636. The van der Waals surface area contributed by atoms with E-state index in [-0.39, 0.29) is 31.0 Å². The number of aryl methyl sites for hydroxylation is 1. The first kappa shape index (κ1) is 16.3. The molecule has 1 aromatic rings. The molecule has 0 spiro atoms. The third-order valence-corrected chi connectivity index (χ3v) is 3.46. The zero-order chi connectivity index (χ0) is 15.3. The topological polar surface area (TPSA) is 105 Å². The Bertz CT molecular complexity index is 553. The van der Waals surface area contributed by atoms with Gasteiger partial charge in [-0.05, 0) is 20.8 Å². The van der Waals surface area contributed by atoms with Crippen molar-refractivity contribution < 1.29 is 17.7 Å². The monoisotopic (exact) mass is 304 g/mol. The number of aromatic nitrogens is 1. The number of carbonyl (C=O) groups excluding carboxylic acids is 1. The Hall–Kier alpha value is -1.77. The van der Waals surface area contributed by atoms with Gasteiger partial charge in [-0.25, -0.2) is 17.5 Å². The normalized spacial score (nSPS) is 11.4. The van der Waals surface area contributed by atoms with Crippen LogP contribution in [-0.4, -0.2) is 45.0 Å². The minimum absolute atomic E-state index is 0.0131. The number of rotatable bonds is 6. The van der Waals surface area contributed by atoms with Crippen LogP contribution in [0, 0.1) is 6.92 Å². The lowest BCUT2D eigenvalue weighted by Gasteiger charge is -2.19. The maximum atomic E-state index is 11.7. The molecule has 0 unspecified atom stereocenters. The van der Waals surface area contributed by atoms with E-state index in [0.717, 1.165) is 10.6 Å². The molecule has 0 atom stereocenters. The zero-order valence-corrected chi connectivity index (χ0v) is 12.8. The Balaban J connectivity index is 2.62. The summed E-state index contributed by atoms with van der Waals surface area (Å²) in [6, 6.07) is 1.19. The molecule has 0 aliphatic rings. The second kappa shape index (κ2) is 6.60. The number of sulfonamides is 1. The Morgan fingerprint density at radius 3 is 2.60 bits per heavy atom. The summed E-state index contributed by atoms with van der Waals surface area (Å²) < 4.78 is 29.4. The largest absolute Gasteiger partial charge is 0.360 e. The van der Waals surface area contributed by atoms with Gasteiger partial charge >= 0.3 is 6.03 Å². The number of hydrogen-bond donors (Lipinski definition) is 2. The molecular weight excluding hydrogens is 284 g/mol. The van der Waals surface area contributed by atoms with Gasteiger partial charge in [0.25, 0.3) is 0 Å². The van der Waals surface area contributed by atoms with Crippen LogP contribution in [0.3, 0.4) is 0 Å². The first-order valence-electron chi connectivity index (χ1n) is 6.15. The molecule has 20 heavy (non-hydrogen) atoms. The summed E-state index contributed by atoms with van der Waals surface area (Å²) in [6.45, 7) is 5.58. The van der Waals surface area contributed by atoms with Crippen molar-refractivity contribution in [3.8, 4) is 0 Å². The molecule has 2 N–H and O–H groups in total. The molecule has 114 valence electrons. The van der Waals surface area contributed by atoms with E-state index >= 15 is 0 Å². The molecule has 0 aliphatic carbocycles. The highest BCUT2D eigenvalue weighted by atomic mass is 32.2. The number of nitrogens with zero attached hydrogens (tertiary/aromatic N) is 2. The molecule has 0 bridgehead atoms. The lowest BCUT2D eigenvalue weighted by Crippen LogP contribution is -2.44. The van der Waals surface area contributed by atoms with E-state index in [1.165, 1.54) is 6.07 Å². The van der Waals surface area contributed by atoms with E-state index in [1.807, 2.05) is 13.8 Å². The van der Waals surface area contributed by atoms with Crippen LogP contribution >= 0.6 is 0 Å². The van der Waals surface area contributed by atoms with Crippen LogP contribution in [0.1, 0.15) is 19.6 Å². The van der Waals surface area contributed by atoms with Gasteiger partial charge in [-0.2, -0.15) is 0 Å². The number of carbonyl (C=O) groups is 1. The maximum Gasteiger partial charge on any atom is 0.315 e. The lowest BCUT2D eigenvalue weighted by molar-refractivity contribution is 0.239. The fourth-order valence-electron chi connectivity index (χ4n) is 1.51. The number of nitrogens with one attached hydrogen (secondary N) is 2. The van der Waals surface area contributed by atoms with Crippen molar-refractivity contribution in [1.29, 1.82) is 0 Å². The van der Waals surface area contributed by atoms with Crippen molar-refractivity contribution in [3.05, 3.63) is 11.8 Å². The van der Waals surface area contributed by atoms with Gasteiger partial charge in [0.15, 0.2) is 5.82 Å². The summed E-state index contributed by atoms with van der Waals surface area (Å²) in [7, 11) is -3.49. The SMILES string of the molecule is Cc1cc(N(CCNC(=O)NC(C)C)S(C)(=O)=O)no1. The summed E-state index contributed by atoms with van der Waals surface area (Å²) in [6.07, 6.45) is 1.07. The van der Waals surface area contributed by atoms with Crippen LogP contribution in [0.4, 0.5) is 10.6 Å². The van der Waals surface area contributed by atoms with Crippen molar-refractivity contribution in [2.45, 2.75) is 26.8 Å². The Morgan fingerprint density at radius 1 is 1.50 bits per heavy atom. The molecule has 0 saturated heterocycles. The van der Waals surface area contributed by atoms with E-state index in [4.69, 9.17) is 4.52 Å². The maximum absolute atomic E-state index is 11.7. The van der Waals surface area contributed by atoms with Gasteiger partial charge < -0.3 is 15.2 Å². The Morgan fingerprint density at radius 2 is 2.15 bits per heavy atom. The van der Waals surface area contributed by atoms with Gasteiger partial charge in [-0.15, -0.1) is 0 Å². The highest BCUT2D eigenvalue weighted by molar-refractivity contribution is 7.92. The molecule has 0 saturated carbocycles. The van der Waals surface area contributed by atoms with E-state index in [0.29, 0.717) is 5.76 Å². The van der Waals surface area contributed by atoms with E-state index < -0.39 is 10.0 Å². The molecule has 1 rings (SSSR count). The van der Waals surface area contributed by atoms with E-state index in [9.17, 15) is 13.2 Å². The lowest BCUT2D eigenvalue weighted by atomic mass is 10.4. The summed E-state index contributed by atoms with van der Waals surface area (Å²) in [4.78, 5) is 11.4. The third kappa shape index (κ3) is 5.08. The van der Waals surface area contributed by atoms with E-state index in [1.54, 1.807) is 6.92 Å². The van der Waals surface area contributed by atoms with Crippen molar-refractivity contribution in [3.63, 3.8) is 0 Å².